The normalized spacial score (nSPS) is 11.1. The molecule has 19 heteroatoms. The van der Waals surface area contributed by atoms with E-state index in [1.807, 2.05) is 0 Å². The molecule has 0 aliphatic rings. The maximum Gasteiger partial charge on any atom is 0.353 e. The van der Waals surface area contributed by atoms with Gasteiger partial charge in [0.15, 0.2) is 5.65 Å². The predicted octanol–water partition coefficient (Wildman–Crippen LogP) is -0.0397. The maximum atomic E-state index is 13.5. The zero-order chi connectivity index (χ0) is 35.3. The van der Waals surface area contributed by atoms with Crippen LogP contribution in [0.25, 0.3) is 5.65 Å². The van der Waals surface area contributed by atoms with Crippen molar-refractivity contribution >= 4 is 53.2 Å². The molecular formula is C30H28ClFN8O9. The van der Waals surface area contributed by atoms with Crippen LogP contribution >= 0.6 is 12.4 Å². The van der Waals surface area contributed by atoms with Crippen LogP contribution in [0.3, 0.4) is 0 Å². The Hall–Kier alpha value is -6.40. The fourth-order valence-electron chi connectivity index (χ4n) is 4.41. The van der Waals surface area contributed by atoms with Gasteiger partial charge >= 0.3 is 17.6 Å². The van der Waals surface area contributed by atoms with E-state index in [4.69, 9.17) is 17.2 Å². The molecule has 10 N–H and O–H groups in total. The molecule has 0 saturated carbocycles. The van der Waals surface area contributed by atoms with Gasteiger partial charge in [0.1, 0.15) is 34.6 Å². The predicted molar refractivity (Wildman–Crippen MR) is 175 cm³/mol. The standard InChI is InChI=1S/C18H15N5O7.C12H12FN3O2.ClH/c1-30-17(28)9-4-2-8(3-5-9)13(14(19)24)22-15(25)10-6-11(16(26)27)23-12(21-10)7-20-18(23)29;13-8-2-1-6(4-14)3-7(8)5-16-10-9(15)11(17)12(10)18;/h2-7,13H,1H3,(H2,19,24)(H,20,29)(H,22,25)(H,26,27);1-3,16H,4-5,14-15H2;1H/t13-;;/m1../s1. The fraction of sp³-hybridized carbons (Fsp3) is 0.133. The number of aromatic nitrogens is 3. The molecule has 49 heavy (non-hydrogen) atoms. The topological polar surface area (TPSA) is 284 Å². The van der Waals surface area contributed by atoms with E-state index >= 15 is 0 Å². The molecule has 0 fully saturated rings. The van der Waals surface area contributed by atoms with Gasteiger partial charge in [0, 0.05) is 30.9 Å². The largest absolute Gasteiger partial charge is 0.477 e. The molecule has 256 valence electrons. The summed E-state index contributed by atoms with van der Waals surface area (Å²) in [6.07, 6.45) is 1.14. The van der Waals surface area contributed by atoms with Crippen LogP contribution in [0.5, 0.6) is 0 Å². The molecule has 0 bridgehead atoms. The lowest BCUT2D eigenvalue weighted by Gasteiger charge is -2.16. The third kappa shape index (κ3) is 7.95. The molecule has 5 rings (SSSR count). The Kier molecular flexibility index (Phi) is 11.7. The Labute approximate surface area is 280 Å². The molecule has 2 aromatic heterocycles. The van der Waals surface area contributed by atoms with Crippen LogP contribution in [0, 0.1) is 5.82 Å². The number of amides is 2. The first-order valence-electron chi connectivity index (χ1n) is 13.7. The SMILES string of the molecule is COC(=O)c1ccc([C@@H](NC(=O)c2cc(C(=O)O)n3c(=O)[nH]cc3n2)C(N)=O)cc1.Cl.NCc1ccc(F)c(CNc2c(N)c(=O)c2=O)c1. The number of imidazole rings is 1. The van der Waals surface area contributed by atoms with Gasteiger partial charge in [0.05, 0.1) is 12.7 Å². The average molecular weight is 699 g/mol. The number of carboxylic acids is 1. The van der Waals surface area contributed by atoms with Crippen molar-refractivity contribution in [1.82, 2.24) is 19.7 Å². The second-order valence-electron chi connectivity index (χ2n) is 9.97. The summed E-state index contributed by atoms with van der Waals surface area (Å²) in [6, 6.07) is 9.71. The molecule has 3 aromatic carbocycles. The summed E-state index contributed by atoms with van der Waals surface area (Å²) >= 11 is 0. The number of hydrogen-bond acceptors (Lipinski definition) is 12. The number of carboxylic acid groups (broad SMARTS) is 1. The first-order valence-corrected chi connectivity index (χ1v) is 13.7. The van der Waals surface area contributed by atoms with E-state index in [1.165, 1.54) is 37.4 Å². The van der Waals surface area contributed by atoms with Gasteiger partial charge in [-0.1, -0.05) is 18.2 Å². The summed E-state index contributed by atoms with van der Waals surface area (Å²) in [5.41, 5.74) is 14.8. The molecule has 0 saturated heterocycles. The third-order valence-electron chi connectivity index (χ3n) is 6.93. The summed E-state index contributed by atoms with van der Waals surface area (Å²) in [4.78, 5) is 87.5. The Balaban J connectivity index is 0.000000293. The van der Waals surface area contributed by atoms with Crippen molar-refractivity contribution in [2.45, 2.75) is 19.1 Å². The first-order chi connectivity index (χ1) is 22.8. The summed E-state index contributed by atoms with van der Waals surface area (Å²) in [5, 5.41) is 14.4. The number of aromatic carboxylic acids is 1. The zero-order valence-electron chi connectivity index (χ0n) is 25.3. The molecule has 0 radical (unpaired) electrons. The second kappa shape index (κ2) is 15.5. The number of carbonyl (C=O) groups is 4. The van der Waals surface area contributed by atoms with Crippen molar-refractivity contribution < 1.29 is 33.4 Å². The van der Waals surface area contributed by atoms with E-state index in [2.05, 4.69) is 25.3 Å². The highest BCUT2D eigenvalue weighted by atomic mass is 35.5. The first kappa shape index (κ1) is 37.1. The number of rotatable bonds is 10. The number of hydrogen-bond donors (Lipinski definition) is 7. The number of benzene rings is 2. The fourth-order valence-corrected chi connectivity index (χ4v) is 4.41. The number of esters is 1. The van der Waals surface area contributed by atoms with E-state index in [0.717, 1.165) is 22.2 Å². The van der Waals surface area contributed by atoms with Crippen LogP contribution in [0.15, 0.2) is 69.1 Å². The van der Waals surface area contributed by atoms with Crippen LogP contribution in [-0.2, 0) is 22.6 Å². The number of halogens is 2. The lowest BCUT2D eigenvalue weighted by Crippen LogP contribution is -2.38. The molecule has 0 aliphatic carbocycles. The van der Waals surface area contributed by atoms with E-state index in [9.17, 15) is 43.1 Å². The summed E-state index contributed by atoms with van der Waals surface area (Å²) in [5.74, 6) is -4.23. The van der Waals surface area contributed by atoms with Gasteiger partial charge in [-0.15, -0.1) is 12.4 Å². The molecule has 2 heterocycles. The Morgan fingerprint density at radius 3 is 2.31 bits per heavy atom. The van der Waals surface area contributed by atoms with Crippen LogP contribution in [0.1, 0.15) is 54.1 Å². The highest BCUT2D eigenvalue weighted by molar-refractivity contribution is 5.98. The Morgan fingerprint density at radius 1 is 1.06 bits per heavy atom. The van der Waals surface area contributed by atoms with E-state index in [-0.39, 0.29) is 52.8 Å². The van der Waals surface area contributed by atoms with Crippen molar-refractivity contribution in [3.8, 4) is 0 Å². The Bertz CT molecular complexity index is 2190. The average Bonchev–Trinajstić information content (AvgIpc) is 3.47. The Morgan fingerprint density at radius 2 is 1.73 bits per heavy atom. The summed E-state index contributed by atoms with van der Waals surface area (Å²) in [7, 11) is 1.22. The smallest absolute Gasteiger partial charge is 0.353 e. The molecular weight excluding hydrogens is 671 g/mol. The number of anilines is 2. The molecule has 17 nitrogen and oxygen atoms in total. The second-order valence-corrected chi connectivity index (χ2v) is 9.97. The van der Waals surface area contributed by atoms with Crippen molar-refractivity contribution in [2.75, 3.05) is 18.2 Å². The van der Waals surface area contributed by atoms with Gasteiger partial charge in [-0.2, -0.15) is 0 Å². The number of nitrogen functional groups attached to an aromatic ring is 1. The maximum absolute atomic E-state index is 13.5. The van der Waals surface area contributed by atoms with Crippen molar-refractivity contribution in [3.05, 3.63) is 125 Å². The quantitative estimate of drug-likeness (QED) is 0.0745. The number of fused-ring (bicyclic) bond motifs is 1. The number of H-pyrrole nitrogens is 1. The van der Waals surface area contributed by atoms with E-state index in [1.54, 1.807) is 12.1 Å². The van der Waals surface area contributed by atoms with E-state index < -0.39 is 57.9 Å². The molecule has 1 atom stereocenters. The highest BCUT2D eigenvalue weighted by Crippen LogP contribution is 2.17. The molecule has 2 amide bonds. The molecule has 0 unspecified atom stereocenters. The minimum atomic E-state index is -1.46. The van der Waals surface area contributed by atoms with Crippen molar-refractivity contribution in [2.24, 2.45) is 11.5 Å². The number of carbonyl (C=O) groups excluding carboxylic acids is 3. The number of nitrogens with one attached hydrogen (secondary N) is 3. The molecule has 0 aliphatic heterocycles. The minimum Gasteiger partial charge on any atom is -0.477 e. The lowest BCUT2D eigenvalue weighted by atomic mass is 10.0. The number of ether oxygens (including phenoxy) is 1. The monoisotopic (exact) mass is 698 g/mol. The van der Waals surface area contributed by atoms with Crippen LogP contribution in [0.4, 0.5) is 15.8 Å². The summed E-state index contributed by atoms with van der Waals surface area (Å²) in [6.45, 7) is 0.379. The summed E-state index contributed by atoms with van der Waals surface area (Å²) < 4.78 is 18.8. The number of nitrogens with zero attached hydrogens (tertiary/aromatic N) is 2. The number of nitrogens with two attached hydrogens (primary N) is 3. The molecule has 5 aromatic rings. The number of aromatic amines is 1. The van der Waals surface area contributed by atoms with Gasteiger partial charge in [0.25, 0.3) is 16.8 Å². The van der Waals surface area contributed by atoms with Gasteiger partial charge in [-0.25, -0.2) is 28.2 Å². The van der Waals surface area contributed by atoms with Gasteiger partial charge in [0.2, 0.25) is 5.91 Å². The van der Waals surface area contributed by atoms with Gasteiger partial charge in [-0.3, -0.25) is 19.2 Å². The third-order valence-corrected chi connectivity index (χ3v) is 6.93. The van der Waals surface area contributed by atoms with Crippen LogP contribution < -0.4 is 44.4 Å². The number of methoxy groups -OCH3 is 1. The zero-order valence-corrected chi connectivity index (χ0v) is 26.1. The minimum absolute atomic E-state index is 0. The van der Waals surface area contributed by atoms with E-state index in [0.29, 0.717) is 12.1 Å². The molecule has 0 spiro atoms. The highest BCUT2D eigenvalue weighted by Gasteiger charge is 2.24. The van der Waals surface area contributed by atoms with Crippen LogP contribution in [0.2, 0.25) is 0 Å². The van der Waals surface area contributed by atoms with Crippen LogP contribution in [-0.4, -0.2) is 50.3 Å². The lowest BCUT2D eigenvalue weighted by molar-refractivity contribution is -0.120. The van der Waals surface area contributed by atoms with Crippen molar-refractivity contribution in [1.29, 1.82) is 0 Å². The van der Waals surface area contributed by atoms with Gasteiger partial charge < -0.3 is 42.7 Å². The van der Waals surface area contributed by atoms with Crippen molar-refractivity contribution in [3.63, 3.8) is 0 Å². The number of primary amides is 1. The van der Waals surface area contributed by atoms with Gasteiger partial charge in [-0.05, 0) is 35.4 Å².